The van der Waals surface area contributed by atoms with Crippen LogP contribution in [0.4, 0.5) is 4.39 Å². The molecule has 2 rings (SSSR count). The summed E-state index contributed by atoms with van der Waals surface area (Å²) < 4.78 is 13.4. The fourth-order valence-electron chi connectivity index (χ4n) is 1.72. The second kappa shape index (κ2) is 6.29. The topological polar surface area (TPSA) is 35.8 Å². The van der Waals surface area contributed by atoms with Gasteiger partial charge in [0.25, 0.3) is 0 Å². The maximum Gasteiger partial charge on any atom is 0.130 e. The Morgan fingerprint density at radius 1 is 1.28 bits per heavy atom. The number of rotatable bonds is 5. The summed E-state index contributed by atoms with van der Waals surface area (Å²) in [5, 5.41) is 14.1. The van der Waals surface area contributed by atoms with Crippen molar-refractivity contribution in [1.29, 1.82) is 5.26 Å². The molecule has 1 N–H and O–H groups in total. The molecule has 0 bridgehead atoms. The zero-order valence-corrected chi connectivity index (χ0v) is 10.6. The van der Waals surface area contributed by atoms with Crippen molar-refractivity contribution in [3.8, 4) is 6.07 Å². The maximum absolute atomic E-state index is 13.4. The molecule has 4 heteroatoms. The summed E-state index contributed by atoms with van der Waals surface area (Å²) in [4.78, 5) is 0.992. The fraction of sp³-hybridized carbons (Fsp3) is 0.214. The van der Waals surface area contributed by atoms with Gasteiger partial charge in [-0.25, -0.2) is 4.39 Å². The number of thiophene rings is 1. The molecule has 2 nitrogen and oxygen atoms in total. The molecular formula is C14H13FN2S. The molecule has 1 heterocycles. The number of nitrogens with one attached hydrogen (secondary N) is 1. The van der Waals surface area contributed by atoms with E-state index in [0.29, 0.717) is 18.5 Å². The minimum absolute atomic E-state index is 0.191. The molecular weight excluding hydrogens is 247 g/mol. The van der Waals surface area contributed by atoms with Crippen LogP contribution in [0.5, 0.6) is 0 Å². The number of hydrogen-bond acceptors (Lipinski definition) is 3. The molecule has 0 aliphatic rings. The summed E-state index contributed by atoms with van der Waals surface area (Å²) in [5.41, 5.74) is 0.674. The van der Waals surface area contributed by atoms with Gasteiger partial charge in [0.1, 0.15) is 11.9 Å². The van der Waals surface area contributed by atoms with Crippen molar-refractivity contribution >= 4 is 11.3 Å². The third-order valence-electron chi connectivity index (χ3n) is 2.66. The summed E-state index contributed by atoms with van der Waals surface area (Å²) in [5.74, 6) is -0.191. The second-order valence-electron chi connectivity index (χ2n) is 3.87. The van der Waals surface area contributed by atoms with Crippen LogP contribution in [0.25, 0.3) is 0 Å². The van der Waals surface area contributed by atoms with Crippen LogP contribution in [0.2, 0.25) is 0 Å². The first kappa shape index (κ1) is 12.7. The lowest BCUT2D eigenvalue weighted by Crippen LogP contribution is -2.22. The predicted molar refractivity (Wildman–Crippen MR) is 70.8 cm³/mol. The summed E-state index contributed by atoms with van der Waals surface area (Å²) in [7, 11) is 0. The van der Waals surface area contributed by atoms with Gasteiger partial charge >= 0.3 is 0 Å². The molecule has 1 atom stereocenters. The van der Waals surface area contributed by atoms with Gasteiger partial charge in [-0.1, -0.05) is 24.3 Å². The molecule has 0 aliphatic carbocycles. The fourth-order valence-corrected chi connectivity index (χ4v) is 2.46. The second-order valence-corrected chi connectivity index (χ2v) is 4.85. The van der Waals surface area contributed by atoms with Crippen LogP contribution < -0.4 is 5.32 Å². The highest BCUT2D eigenvalue weighted by atomic mass is 32.1. The molecule has 0 spiro atoms. The smallest absolute Gasteiger partial charge is 0.130 e. The van der Waals surface area contributed by atoms with Gasteiger partial charge in [0.2, 0.25) is 0 Å². The molecule has 18 heavy (non-hydrogen) atoms. The van der Waals surface area contributed by atoms with E-state index in [1.807, 2.05) is 23.6 Å². The molecule has 0 radical (unpaired) electrons. The number of hydrogen-bond donors (Lipinski definition) is 1. The maximum atomic E-state index is 13.4. The van der Waals surface area contributed by atoms with E-state index in [-0.39, 0.29) is 11.9 Å². The monoisotopic (exact) mass is 260 g/mol. The van der Waals surface area contributed by atoms with Gasteiger partial charge in [-0.2, -0.15) is 5.26 Å². The van der Waals surface area contributed by atoms with Crippen LogP contribution in [0.15, 0.2) is 41.8 Å². The van der Waals surface area contributed by atoms with Crippen molar-refractivity contribution in [2.75, 3.05) is 6.54 Å². The summed E-state index contributed by atoms with van der Waals surface area (Å²) in [6.07, 6.45) is 0.580. The highest BCUT2D eigenvalue weighted by Gasteiger charge is 2.10. The highest BCUT2D eigenvalue weighted by Crippen LogP contribution is 2.18. The SMILES string of the molecule is N#CC(NCCc1ccccc1F)c1cccs1. The Kier molecular flexibility index (Phi) is 4.46. The minimum Gasteiger partial charge on any atom is -0.297 e. The third-order valence-corrected chi connectivity index (χ3v) is 3.59. The Labute approximate surface area is 110 Å². The van der Waals surface area contributed by atoms with E-state index < -0.39 is 0 Å². The first-order valence-corrected chi connectivity index (χ1v) is 6.59. The number of halogens is 1. The highest BCUT2D eigenvalue weighted by molar-refractivity contribution is 7.10. The van der Waals surface area contributed by atoms with E-state index in [0.717, 1.165) is 4.88 Å². The van der Waals surface area contributed by atoms with Crippen LogP contribution >= 0.6 is 11.3 Å². The average molecular weight is 260 g/mol. The first-order chi connectivity index (χ1) is 8.81. The third kappa shape index (κ3) is 3.16. The normalized spacial score (nSPS) is 12.0. The molecule has 1 aromatic heterocycles. The number of nitrogens with zero attached hydrogens (tertiary/aromatic N) is 1. The van der Waals surface area contributed by atoms with Gasteiger partial charge in [0.05, 0.1) is 6.07 Å². The molecule has 92 valence electrons. The van der Waals surface area contributed by atoms with E-state index in [4.69, 9.17) is 5.26 Å². The van der Waals surface area contributed by atoms with Crippen LogP contribution in [-0.4, -0.2) is 6.54 Å². The lowest BCUT2D eigenvalue weighted by molar-refractivity contribution is 0.588. The molecule has 0 amide bonds. The van der Waals surface area contributed by atoms with Crippen LogP contribution in [0.1, 0.15) is 16.5 Å². The average Bonchev–Trinajstić information content (AvgIpc) is 2.90. The van der Waals surface area contributed by atoms with Gasteiger partial charge in [-0.15, -0.1) is 11.3 Å². The first-order valence-electron chi connectivity index (χ1n) is 5.71. The van der Waals surface area contributed by atoms with Crippen molar-refractivity contribution in [2.45, 2.75) is 12.5 Å². The molecule has 0 saturated heterocycles. The van der Waals surface area contributed by atoms with Crippen molar-refractivity contribution in [1.82, 2.24) is 5.32 Å². The van der Waals surface area contributed by atoms with Gasteiger partial charge in [-0.3, -0.25) is 5.32 Å². The Balaban J connectivity index is 1.89. The quantitative estimate of drug-likeness (QED) is 0.895. The van der Waals surface area contributed by atoms with Crippen LogP contribution in [-0.2, 0) is 6.42 Å². The Morgan fingerprint density at radius 2 is 2.11 bits per heavy atom. The number of benzene rings is 1. The van der Waals surface area contributed by atoms with E-state index in [1.165, 1.54) is 6.07 Å². The number of nitriles is 1. The predicted octanol–water partition coefficient (Wildman–Crippen LogP) is 3.28. The standard InChI is InChI=1S/C14H13FN2S/c15-12-5-2-1-4-11(12)7-8-17-13(10-16)14-6-3-9-18-14/h1-6,9,13,17H,7-8H2. The minimum atomic E-state index is -0.309. The molecule has 0 aliphatic heterocycles. The van der Waals surface area contributed by atoms with Crippen LogP contribution in [0, 0.1) is 17.1 Å². The van der Waals surface area contributed by atoms with Gasteiger partial charge < -0.3 is 0 Å². The van der Waals surface area contributed by atoms with Crippen molar-refractivity contribution in [3.63, 3.8) is 0 Å². The molecule has 0 fully saturated rings. The Morgan fingerprint density at radius 3 is 2.78 bits per heavy atom. The Hall–Kier alpha value is -1.70. The zero-order chi connectivity index (χ0) is 12.8. The molecule has 2 aromatic rings. The van der Waals surface area contributed by atoms with Crippen molar-refractivity contribution in [3.05, 3.63) is 58.0 Å². The summed E-state index contributed by atoms with van der Waals surface area (Å²) in [6.45, 7) is 0.580. The Bertz CT molecular complexity index is 531. The van der Waals surface area contributed by atoms with Gasteiger partial charge in [0, 0.05) is 11.4 Å². The van der Waals surface area contributed by atoms with Crippen LogP contribution in [0.3, 0.4) is 0 Å². The van der Waals surface area contributed by atoms with E-state index in [2.05, 4.69) is 11.4 Å². The van der Waals surface area contributed by atoms with E-state index in [9.17, 15) is 4.39 Å². The molecule has 0 saturated carbocycles. The summed E-state index contributed by atoms with van der Waals surface area (Å²) in [6, 6.07) is 12.5. The molecule has 1 unspecified atom stereocenters. The lowest BCUT2D eigenvalue weighted by Gasteiger charge is -2.09. The van der Waals surface area contributed by atoms with Gasteiger partial charge in [-0.05, 0) is 29.5 Å². The zero-order valence-electron chi connectivity index (χ0n) is 9.77. The summed E-state index contributed by atoms with van der Waals surface area (Å²) >= 11 is 1.55. The van der Waals surface area contributed by atoms with Crippen molar-refractivity contribution in [2.24, 2.45) is 0 Å². The van der Waals surface area contributed by atoms with Gasteiger partial charge in [0.15, 0.2) is 0 Å². The van der Waals surface area contributed by atoms with E-state index >= 15 is 0 Å². The van der Waals surface area contributed by atoms with E-state index in [1.54, 1.807) is 23.5 Å². The largest absolute Gasteiger partial charge is 0.297 e. The van der Waals surface area contributed by atoms with Crippen molar-refractivity contribution < 1.29 is 4.39 Å². The molecule has 1 aromatic carbocycles. The lowest BCUT2D eigenvalue weighted by atomic mass is 10.1.